The summed E-state index contributed by atoms with van der Waals surface area (Å²) in [6, 6.07) is 8.78. The van der Waals surface area contributed by atoms with E-state index in [9.17, 15) is 4.79 Å². The Morgan fingerprint density at radius 1 is 1.33 bits per heavy atom. The van der Waals surface area contributed by atoms with Crippen molar-refractivity contribution in [2.24, 2.45) is 5.73 Å². The Labute approximate surface area is 111 Å². The van der Waals surface area contributed by atoms with E-state index in [4.69, 9.17) is 5.73 Å². The Kier molecular flexibility index (Phi) is 4.12. The lowest BCUT2D eigenvalue weighted by Crippen LogP contribution is -2.33. The Morgan fingerprint density at radius 2 is 2.06 bits per heavy atom. The summed E-state index contributed by atoms with van der Waals surface area (Å²) in [5.74, 6) is -0.146. The van der Waals surface area contributed by atoms with Crippen molar-refractivity contribution in [3.63, 3.8) is 0 Å². The predicted molar refractivity (Wildman–Crippen MR) is 74.3 cm³/mol. The molecule has 94 valence electrons. The Bertz CT molecular complexity index is 522. The van der Waals surface area contributed by atoms with Gasteiger partial charge in [-0.2, -0.15) is 11.3 Å². The van der Waals surface area contributed by atoms with Crippen LogP contribution in [0.5, 0.6) is 0 Å². The van der Waals surface area contributed by atoms with Gasteiger partial charge in [-0.05, 0) is 34.4 Å². The van der Waals surface area contributed by atoms with Crippen LogP contribution in [0.1, 0.15) is 22.7 Å². The van der Waals surface area contributed by atoms with E-state index in [0.717, 1.165) is 11.1 Å². The van der Waals surface area contributed by atoms with E-state index in [1.807, 2.05) is 42.6 Å². The number of benzene rings is 1. The highest BCUT2D eigenvalue weighted by atomic mass is 32.1. The maximum absolute atomic E-state index is 11.9. The normalized spacial score (nSPS) is 12.1. The minimum atomic E-state index is -0.606. The fraction of sp³-hybridized carbons (Fsp3) is 0.214. The highest BCUT2D eigenvalue weighted by molar-refractivity contribution is 7.08. The fourth-order valence-corrected chi connectivity index (χ4v) is 2.53. The van der Waals surface area contributed by atoms with Crippen LogP contribution in [0.4, 0.5) is 0 Å². The zero-order valence-electron chi connectivity index (χ0n) is 10.2. The average molecular weight is 260 g/mol. The van der Waals surface area contributed by atoms with Gasteiger partial charge in [-0.1, -0.05) is 30.3 Å². The van der Waals surface area contributed by atoms with Gasteiger partial charge in [-0.25, -0.2) is 0 Å². The summed E-state index contributed by atoms with van der Waals surface area (Å²) in [5.41, 5.74) is 9.09. The molecule has 2 aromatic rings. The minimum absolute atomic E-state index is 0.146. The van der Waals surface area contributed by atoms with E-state index < -0.39 is 6.04 Å². The molecule has 1 aromatic heterocycles. The van der Waals surface area contributed by atoms with Gasteiger partial charge in [0.15, 0.2) is 0 Å². The number of carbonyl (C=O) groups excluding carboxylic acids is 1. The maximum atomic E-state index is 11.9. The van der Waals surface area contributed by atoms with Gasteiger partial charge in [0.1, 0.15) is 6.04 Å². The van der Waals surface area contributed by atoms with E-state index in [-0.39, 0.29) is 5.91 Å². The van der Waals surface area contributed by atoms with Crippen LogP contribution in [0, 0.1) is 6.92 Å². The van der Waals surface area contributed by atoms with Crippen molar-refractivity contribution in [2.75, 3.05) is 0 Å². The number of nitrogens with two attached hydrogens (primary N) is 1. The van der Waals surface area contributed by atoms with Crippen LogP contribution >= 0.6 is 11.3 Å². The monoisotopic (exact) mass is 260 g/mol. The van der Waals surface area contributed by atoms with Crippen LogP contribution in [0.2, 0.25) is 0 Å². The number of thiophene rings is 1. The molecule has 18 heavy (non-hydrogen) atoms. The summed E-state index contributed by atoms with van der Waals surface area (Å²) in [4.78, 5) is 11.9. The van der Waals surface area contributed by atoms with Crippen LogP contribution in [-0.4, -0.2) is 5.91 Å². The van der Waals surface area contributed by atoms with Crippen LogP contribution in [0.25, 0.3) is 0 Å². The lowest BCUT2D eigenvalue weighted by molar-refractivity contribution is -0.122. The molecule has 0 aliphatic carbocycles. The number of nitrogens with one attached hydrogen (secondary N) is 1. The van der Waals surface area contributed by atoms with E-state index in [0.29, 0.717) is 6.54 Å². The van der Waals surface area contributed by atoms with Crippen molar-refractivity contribution in [3.05, 3.63) is 57.8 Å². The molecule has 0 bridgehead atoms. The van der Waals surface area contributed by atoms with Crippen LogP contribution < -0.4 is 11.1 Å². The average Bonchev–Trinajstić information content (AvgIpc) is 2.81. The van der Waals surface area contributed by atoms with Crippen molar-refractivity contribution in [2.45, 2.75) is 19.5 Å². The molecule has 1 atom stereocenters. The summed E-state index contributed by atoms with van der Waals surface area (Å²) in [7, 11) is 0. The molecule has 3 N–H and O–H groups in total. The quantitative estimate of drug-likeness (QED) is 0.886. The molecule has 0 aliphatic heterocycles. The number of carbonyl (C=O) groups is 1. The van der Waals surface area contributed by atoms with Crippen molar-refractivity contribution >= 4 is 17.2 Å². The number of amides is 1. The lowest BCUT2D eigenvalue weighted by atomic mass is 10.1. The third-order valence-corrected chi connectivity index (χ3v) is 3.77. The number of rotatable bonds is 4. The SMILES string of the molecule is Cc1cscc1CNC(=O)[C@@H](N)c1ccccc1. The molecule has 0 aliphatic rings. The summed E-state index contributed by atoms with van der Waals surface area (Å²) >= 11 is 1.64. The first kappa shape index (κ1) is 12.8. The molecule has 0 spiro atoms. The summed E-state index contributed by atoms with van der Waals surface area (Å²) in [6.07, 6.45) is 0. The first-order valence-electron chi connectivity index (χ1n) is 5.78. The van der Waals surface area contributed by atoms with Gasteiger partial charge in [0.25, 0.3) is 0 Å². The number of aryl methyl sites for hydroxylation is 1. The van der Waals surface area contributed by atoms with E-state index >= 15 is 0 Å². The maximum Gasteiger partial charge on any atom is 0.241 e. The molecule has 4 heteroatoms. The zero-order chi connectivity index (χ0) is 13.0. The van der Waals surface area contributed by atoms with Gasteiger partial charge >= 0.3 is 0 Å². The summed E-state index contributed by atoms with van der Waals surface area (Å²) < 4.78 is 0. The number of hydrogen-bond acceptors (Lipinski definition) is 3. The van der Waals surface area contributed by atoms with Gasteiger partial charge in [0, 0.05) is 6.54 Å². The Morgan fingerprint density at radius 3 is 2.67 bits per heavy atom. The molecule has 2 rings (SSSR count). The second-order valence-electron chi connectivity index (χ2n) is 4.19. The van der Waals surface area contributed by atoms with Gasteiger partial charge < -0.3 is 11.1 Å². The second kappa shape index (κ2) is 5.80. The molecule has 1 amide bonds. The van der Waals surface area contributed by atoms with Gasteiger partial charge in [0.05, 0.1) is 0 Å². The van der Waals surface area contributed by atoms with E-state index in [1.54, 1.807) is 11.3 Å². The van der Waals surface area contributed by atoms with Crippen molar-refractivity contribution in [1.29, 1.82) is 0 Å². The van der Waals surface area contributed by atoms with Gasteiger partial charge in [-0.15, -0.1) is 0 Å². The van der Waals surface area contributed by atoms with Crippen LogP contribution in [0.3, 0.4) is 0 Å². The fourth-order valence-electron chi connectivity index (χ4n) is 1.67. The molecule has 0 fully saturated rings. The molecule has 0 saturated carbocycles. The number of hydrogen-bond donors (Lipinski definition) is 2. The first-order valence-corrected chi connectivity index (χ1v) is 6.72. The van der Waals surface area contributed by atoms with E-state index in [2.05, 4.69) is 10.7 Å². The smallest absolute Gasteiger partial charge is 0.241 e. The highest BCUT2D eigenvalue weighted by Crippen LogP contribution is 2.14. The van der Waals surface area contributed by atoms with Gasteiger partial charge in [-0.3, -0.25) is 4.79 Å². The topological polar surface area (TPSA) is 55.1 Å². The summed E-state index contributed by atoms with van der Waals surface area (Å²) in [5, 5.41) is 6.98. The lowest BCUT2D eigenvalue weighted by Gasteiger charge is -2.12. The van der Waals surface area contributed by atoms with E-state index in [1.165, 1.54) is 5.56 Å². The molecular formula is C14H16N2OS. The van der Waals surface area contributed by atoms with Crippen LogP contribution in [-0.2, 0) is 11.3 Å². The van der Waals surface area contributed by atoms with Crippen LogP contribution in [0.15, 0.2) is 41.1 Å². The van der Waals surface area contributed by atoms with Crippen molar-refractivity contribution in [3.8, 4) is 0 Å². The molecular weight excluding hydrogens is 244 g/mol. The highest BCUT2D eigenvalue weighted by Gasteiger charge is 2.15. The molecule has 0 saturated heterocycles. The molecule has 0 radical (unpaired) electrons. The Hall–Kier alpha value is -1.65. The van der Waals surface area contributed by atoms with Crippen molar-refractivity contribution < 1.29 is 4.79 Å². The largest absolute Gasteiger partial charge is 0.350 e. The Balaban J connectivity index is 1.95. The first-order chi connectivity index (χ1) is 8.68. The van der Waals surface area contributed by atoms with Crippen molar-refractivity contribution in [1.82, 2.24) is 5.32 Å². The molecule has 1 aromatic carbocycles. The third kappa shape index (κ3) is 2.97. The minimum Gasteiger partial charge on any atom is -0.350 e. The molecule has 0 unspecified atom stereocenters. The summed E-state index contributed by atoms with van der Waals surface area (Å²) in [6.45, 7) is 2.57. The molecule has 1 heterocycles. The second-order valence-corrected chi connectivity index (χ2v) is 4.93. The van der Waals surface area contributed by atoms with Gasteiger partial charge in [0.2, 0.25) is 5.91 Å². The molecule has 3 nitrogen and oxygen atoms in total. The third-order valence-electron chi connectivity index (χ3n) is 2.86. The standard InChI is InChI=1S/C14H16N2OS/c1-10-8-18-9-12(10)7-16-14(17)13(15)11-5-3-2-4-6-11/h2-6,8-9,13H,7,15H2,1H3,(H,16,17)/t13-/m0/s1. The predicted octanol–water partition coefficient (Wildman–Crippen LogP) is 2.37. The zero-order valence-corrected chi connectivity index (χ0v) is 11.0.